The van der Waals surface area contributed by atoms with Gasteiger partial charge >= 0.3 is 0 Å². The Labute approximate surface area is 96.7 Å². The van der Waals surface area contributed by atoms with Crippen LogP contribution in [0.15, 0.2) is 41.1 Å². The Morgan fingerprint density at radius 3 is 2.60 bits per heavy atom. The van der Waals surface area contributed by atoms with Crippen molar-refractivity contribution in [3.63, 3.8) is 0 Å². The van der Waals surface area contributed by atoms with Crippen LogP contribution in [-0.2, 0) is 0 Å². The number of aromatic nitrogens is 2. The Kier molecular flexibility index (Phi) is 2.97. The molecule has 0 atom stereocenters. The molecule has 2 rings (SSSR count). The maximum Gasteiger partial charge on any atom is 0.144 e. The zero-order valence-corrected chi connectivity index (χ0v) is 9.82. The lowest BCUT2D eigenvalue weighted by Gasteiger charge is -2.08. The molecule has 0 spiro atoms. The minimum absolute atomic E-state index is 0.800. The first-order valence-corrected chi connectivity index (χ1v) is 5.36. The predicted octanol–water partition coefficient (Wildman–Crippen LogP) is 3.29. The van der Waals surface area contributed by atoms with Crippen molar-refractivity contribution in [2.75, 3.05) is 5.32 Å². The van der Waals surface area contributed by atoms with E-state index < -0.39 is 0 Å². The number of nitrogens with zero attached hydrogens (tertiary/aromatic N) is 2. The van der Waals surface area contributed by atoms with E-state index in [0.717, 1.165) is 21.7 Å². The molecule has 0 fully saturated rings. The zero-order valence-electron chi connectivity index (χ0n) is 8.24. The molecule has 0 aliphatic carbocycles. The molecule has 0 aliphatic heterocycles. The van der Waals surface area contributed by atoms with Gasteiger partial charge in [-0.1, -0.05) is 0 Å². The van der Waals surface area contributed by atoms with Crippen LogP contribution in [0, 0.1) is 6.92 Å². The zero-order chi connectivity index (χ0) is 10.7. The lowest BCUT2D eigenvalue weighted by Crippen LogP contribution is -1.97. The number of hydrogen-bond acceptors (Lipinski definition) is 3. The Bertz CT molecular complexity index is 427. The normalized spacial score (nSPS) is 10.0. The average molecular weight is 264 g/mol. The van der Waals surface area contributed by atoms with Crippen molar-refractivity contribution in [3.05, 3.63) is 46.8 Å². The SMILES string of the molecule is Cc1ncccc1Nc1ncccc1Br. The van der Waals surface area contributed by atoms with Crippen molar-refractivity contribution in [2.24, 2.45) is 0 Å². The van der Waals surface area contributed by atoms with Crippen LogP contribution in [0.4, 0.5) is 11.5 Å². The second-order valence-corrected chi connectivity index (χ2v) is 3.95. The number of nitrogens with one attached hydrogen (secondary N) is 1. The average Bonchev–Trinajstić information content (AvgIpc) is 2.24. The molecule has 3 nitrogen and oxygen atoms in total. The molecule has 1 N–H and O–H groups in total. The molecule has 0 amide bonds. The van der Waals surface area contributed by atoms with Gasteiger partial charge in [0.05, 0.1) is 15.9 Å². The van der Waals surface area contributed by atoms with Crippen LogP contribution in [-0.4, -0.2) is 9.97 Å². The molecule has 76 valence electrons. The highest BCUT2D eigenvalue weighted by Gasteiger charge is 2.02. The largest absolute Gasteiger partial charge is 0.338 e. The monoisotopic (exact) mass is 263 g/mol. The predicted molar refractivity (Wildman–Crippen MR) is 64.2 cm³/mol. The minimum Gasteiger partial charge on any atom is -0.338 e. The molecule has 0 radical (unpaired) electrons. The first kappa shape index (κ1) is 10.1. The molecule has 0 bridgehead atoms. The molecular formula is C11H10BrN3. The van der Waals surface area contributed by atoms with Crippen LogP contribution in [0.3, 0.4) is 0 Å². The first-order valence-electron chi connectivity index (χ1n) is 4.56. The second-order valence-electron chi connectivity index (χ2n) is 3.10. The maximum atomic E-state index is 4.23. The lowest BCUT2D eigenvalue weighted by atomic mass is 10.3. The van der Waals surface area contributed by atoms with Crippen LogP contribution in [0.25, 0.3) is 0 Å². The summed E-state index contributed by atoms with van der Waals surface area (Å²) >= 11 is 3.43. The van der Waals surface area contributed by atoms with Gasteiger partial charge in [-0.25, -0.2) is 4.98 Å². The van der Waals surface area contributed by atoms with E-state index in [1.54, 1.807) is 12.4 Å². The van der Waals surface area contributed by atoms with E-state index in [1.807, 2.05) is 31.2 Å². The fourth-order valence-corrected chi connectivity index (χ4v) is 1.58. The van der Waals surface area contributed by atoms with E-state index in [2.05, 4.69) is 31.2 Å². The molecule has 15 heavy (non-hydrogen) atoms. The summed E-state index contributed by atoms with van der Waals surface area (Å²) < 4.78 is 0.938. The van der Waals surface area contributed by atoms with Crippen molar-refractivity contribution in [2.45, 2.75) is 6.92 Å². The van der Waals surface area contributed by atoms with E-state index >= 15 is 0 Å². The Hall–Kier alpha value is -1.42. The third kappa shape index (κ3) is 2.33. The highest BCUT2D eigenvalue weighted by atomic mass is 79.9. The van der Waals surface area contributed by atoms with Crippen molar-refractivity contribution < 1.29 is 0 Å². The summed E-state index contributed by atoms with van der Waals surface area (Å²) in [6, 6.07) is 7.70. The molecule has 4 heteroatoms. The fraction of sp³-hybridized carbons (Fsp3) is 0.0909. The van der Waals surface area contributed by atoms with Gasteiger partial charge in [0.2, 0.25) is 0 Å². The van der Waals surface area contributed by atoms with E-state index in [-0.39, 0.29) is 0 Å². The summed E-state index contributed by atoms with van der Waals surface area (Å²) in [5.74, 6) is 0.800. The van der Waals surface area contributed by atoms with Crippen LogP contribution >= 0.6 is 15.9 Å². The minimum atomic E-state index is 0.800. The summed E-state index contributed by atoms with van der Waals surface area (Å²) in [6.45, 7) is 1.96. The quantitative estimate of drug-likeness (QED) is 0.904. The van der Waals surface area contributed by atoms with Gasteiger partial charge in [-0.3, -0.25) is 4.98 Å². The molecular weight excluding hydrogens is 254 g/mol. The number of rotatable bonds is 2. The molecule has 2 aromatic heterocycles. The van der Waals surface area contributed by atoms with Crippen molar-refractivity contribution in [1.82, 2.24) is 9.97 Å². The van der Waals surface area contributed by atoms with Crippen LogP contribution in [0.1, 0.15) is 5.69 Å². The molecule has 0 aromatic carbocycles. The number of pyridine rings is 2. The summed E-state index contributed by atoms with van der Waals surface area (Å²) in [7, 11) is 0. The van der Waals surface area contributed by atoms with Gasteiger partial charge < -0.3 is 5.32 Å². The van der Waals surface area contributed by atoms with Crippen LogP contribution < -0.4 is 5.32 Å². The molecule has 0 aliphatic rings. The lowest BCUT2D eigenvalue weighted by molar-refractivity contribution is 1.19. The standard InChI is InChI=1S/C11H10BrN3/c1-8-10(5-3-6-13-8)15-11-9(12)4-2-7-14-11/h2-7H,1H3,(H,14,15). The van der Waals surface area contributed by atoms with Gasteiger partial charge in [0.1, 0.15) is 5.82 Å². The van der Waals surface area contributed by atoms with Crippen LogP contribution in [0.5, 0.6) is 0 Å². The van der Waals surface area contributed by atoms with Gasteiger partial charge in [0.15, 0.2) is 0 Å². The van der Waals surface area contributed by atoms with Crippen molar-refractivity contribution in [3.8, 4) is 0 Å². The van der Waals surface area contributed by atoms with Crippen molar-refractivity contribution >= 4 is 27.4 Å². The van der Waals surface area contributed by atoms with Gasteiger partial charge in [0, 0.05) is 12.4 Å². The third-order valence-electron chi connectivity index (χ3n) is 2.02. The van der Waals surface area contributed by atoms with E-state index in [0.29, 0.717) is 0 Å². The number of anilines is 2. The van der Waals surface area contributed by atoms with E-state index in [1.165, 1.54) is 0 Å². The number of halogens is 1. The molecule has 0 saturated heterocycles. The maximum absolute atomic E-state index is 4.23. The first-order chi connectivity index (χ1) is 7.27. The van der Waals surface area contributed by atoms with Gasteiger partial charge in [-0.15, -0.1) is 0 Å². The molecule has 0 saturated carbocycles. The highest BCUT2D eigenvalue weighted by Crippen LogP contribution is 2.23. The van der Waals surface area contributed by atoms with Gasteiger partial charge in [-0.2, -0.15) is 0 Å². The van der Waals surface area contributed by atoms with E-state index in [9.17, 15) is 0 Å². The number of aryl methyl sites for hydroxylation is 1. The third-order valence-corrected chi connectivity index (χ3v) is 2.66. The van der Waals surface area contributed by atoms with Crippen molar-refractivity contribution in [1.29, 1.82) is 0 Å². The topological polar surface area (TPSA) is 37.8 Å². The summed E-state index contributed by atoms with van der Waals surface area (Å²) in [6.07, 6.45) is 3.52. The second kappa shape index (κ2) is 4.40. The highest BCUT2D eigenvalue weighted by molar-refractivity contribution is 9.10. The summed E-state index contributed by atoms with van der Waals surface area (Å²) in [5.41, 5.74) is 1.92. The summed E-state index contributed by atoms with van der Waals surface area (Å²) in [4.78, 5) is 8.43. The molecule has 2 aromatic rings. The smallest absolute Gasteiger partial charge is 0.144 e. The Morgan fingerprint density at radius 2 is 1.87 bits per heavy atom. The van der Waals surface area contributed by atoms with Gasteiger partial charge in [-0.05, 0) is 47.1 Å². The Balaban J connectivity index is 2.30. The van der Waals surface area contributed by atoms with Gasteiger partial charge in [0.25, 0.3) is 0 Å². The van der Waals surface area contributed by atoms with E-state index in [4.69, 9.17) is 0 Å². The molecule has 2 heterocycles. The summed E-state index contributed by atoms with van der Waals surface area (Å²) in [5, 5.41) is 3.22. The fourth-order valence-electron chi connectivity index (χ4n) is 1.22. The number of hydrogen-bond donors (Lipinski definition) is 1. The Morgan fingerprint density at radius 1 is 1.13 bits per heavy atom. The van der Waals surface area contributed by atoms with Crippen LogP contribution in [0.2, 0.25) is 0 Å². The molecule has 0 unspecified atom stereocenters.